The Morgan fingerprint density at radius 2 is 2.06 bits per heavy atom. The molecule has 1 rings (SSSR count). The molecule has 5 heteroatoms. The van der Waals surface area contributed by atoms with E-state index in [0.29, 0.717) is 10.6 Å². The maximum Gasteiger partial charge on any atom is 0.123 e. The molecule has 0 aromatic heterocycles. The van der Waals surface area contributed by atoms with Crippen LogP contribution in [0, 0.1) is 5.82 Å². The molecule has 0 aliphatic heterocycles. The maximum atomic E-state index is 13.4. The van der Waals surface area contributed by atoms with Gasteiger partial charge in [0.2, 0.25) is 0 Å². The van der Waals surface area contributed by atoms with E-state index >= 15 is 0 Å². The zero-order valence-corrected chi connectivity index (χ0v) is 11.7. The Kier molecular flexibility index (Phi) is 5.53. The first-order valence-electron chi connectivity index (χ1n) is 6.00. The second kappa shape index (κ2) is 6.48. The first kappa shape index (κ1) is 15.4. The van der Waals surface area contributed by atoms with Gasteiger partial charge in [0.1, 0.15) is 5.82 Å². The summed E-state index contributed by atoms with van der Waals surface area (Å²) in [6.07, 6.45) is 1.48. The molecule has 0 aliphatic carbocycles. The molecule has 1 unspecified atom stereocenters. The lowest BCUT2D eigenvalue weighted by Gasteiger charge is -2.38. The lowest BCUT2D eigenvalue weighted by Crippen LogP contribution is -2.47. The Morgan fingerprint density at radius 1 is 1.44 bits per heavy atom. The normalized spacial score (nSPS) is 13.7. The van der Waals surface area contributed by atoms with Gasteiger partial charge in [-0.1, -0.05) is 25.4 Å². The van der Waals surface area contributed by atoms with Crippen LogP contribution >= 0.6 is 11.6 Å². The van der Waals surface area contributed by atoms with Crippen LogP contribution in [0.4, 0.5) is 4.39 Å². The molecule has 0 heterocycles. The summed E-state index contributed by atoms with van der Waals surface area (Å²) in [7, 11) is 1.63. The van der Waals surface area contributed by atoms with Gasteiger partial charge in [-0.3, -0.25) is 11.3 Å². The van der Waals surface area contributed by atoms with Gasteiger partial charge in [0.15, 0.2) is 0 Å². The standard InChI is InChI=1S/C13H20ClFN2O/c1-4-13(5-2,18-3)12(17-16)10-8-9(15)6-7-11(10)14/h6-8,12,17H,4-5,16H2,1-3H3. The average Bonchev–Trinajstić information content (AvgIpc) is 2.39. The largest absolute Gasteiger partial charge is 0.376 e. The van der Waals surface area contributed by atoms with E-state index < -0.39 is 5.60 Å². The number of hydrazine groups is 1. The number of halogens is 2. The molecule has 0 saturated carbocycles. The van der Waals surface area contributed by atoms with Crippen LogP contribution in [0.5, 0.6) is 0 Å². The van der Waals surface area contributed by atoms with Crippen molar-refractivity contribution in [1.29, 1.82) is 0 Å². The van der Waals surface area contributed by atoms with E-state index in [1.807, 2.05) is 13.8 Å². The summed E-state index contributed by atoms with van der Waals surface area (Å²) in [5.41, 5.74) is 2.81. The van der Waals surface area contributed by atoms with Crippen LogP contribution in [0.2, 0.25) is 5.02 Å². The first-order chi connectivity index (χ1) is 8.54. The Bertz CT molecular complexity index is 388. The first-order valence-corrected chi connectivity index (χ1v) is 6.38. The van der Waals surface area contributed by atoms with Gasteiger partial charge < -0.3 is 4.74 Å². The topological polar surface area (TPSA) is 47.3 Å². The third kappa shape index (κ3) is 2.83. The van der Waals surface area contributed by atoms with Crippen LogP contribution in [0.1, 0.15) is 38.3 Å². The van der Waals surface area contributed by atoms with Crippen molar-refractivity contribution >= 4 is 11.6 Å². The van der Waals surface area contributed by atoms with E-state index in [0.717, 1.165) is 12.8 Å². The van der Waals surface area contributed by atoms with Crippen LogP contribution in [0.15, 0.2) is 18.2 Å². The molecule has 0 spiro atoms. The second-order valence-corrected chi connectivity index (χ2v) is 4.65. The van der Waals surface area contributed by atoms with E-state index in [-0.39, 0.29) is 11.9 Å². The van der Waals surface area contributed by atoms with Crippen molar-refractivity contribution in [2.75, 3.05) is 7.11 Å². The summed E-state index contributed by atoms with van der Waals surface area (Å²) in [6.45, 7) is 4.01. The molecule has 0 aliphatic rings. The summed E-state index contributed by atoms with van der Waals surface area (Å²) < 4.78 is 19.0. The molecule has 1 atom stereocenters. The van der Waals surface area contributed by atoms with Crippen molar-refractivity contribution in [3.63, 3.8) is 0 Å². The Morgan fingerprint density at radius 3 is 2.50 bits per heavy atom. The van der Waals surface area contributed by atoms with Crippen molar-refractivity contribution in [2.45, 2.75) is 38.3 Å². The molecule has 102 valence electrons. The minimum absolute atomic E-state index is 0.341. The maximum absolute atomic E-state index is 13.4. The Labute approximate surface area is 112 Å². The van der Waals surface area contributed by atoms with Crippen molar-refractivity contribution in [3.8, 4) is 0 Å². The minimum Gasteiger partial charge on any atom is -0.376 e. The van der Waals surface area contributed by atoms with Crippen LogP contribution in [-0.4, -0.2) is 12.7 Å². The third-order valence-electron chi connectivity index (χ3n) is 3.57. The van der Waals surface area contributed by atoms with Crippen LogP contribution in [0.25, 0.3) is 0 Å². The van der Waals surface area contributed by atoms with Gasteiger partial charge in [-0.05, 0) is 36.6 Å². The number of benzene rings is 1. The number of ether oxygens (including phenoxy) is 1. The summed E-state index contributed by atoms with van der Waals surface area (Å²) >= 11 is 6.13. The number of rotatable bonds is 6. The molecule has 1 aromatic rings. The smallest absolute Gasteiger partial charge is 0.123 e. The summed E-state index contributed by atoms with van der Waals surface area (Å²) in [5, 5.41) is 0.475. The molecule has 0 amide bonds. The Balaban J connectivity index is 3.27. The molecule has 0 radical (unpaired) electrons. The van der Waals surface area contributed by atoms with E-state index in [4.69, 9.17) is 22.2 Å². The van der Waals surface area contributed by atoms with Gasteiger partial charge in [-0.15, -0.1) is 0 Å². The molecular weight excluding hydrogens is 255 g/mol. The molecule has 0 fully saturated rings. The van der Waals surface area contributed by atoms with Gasteiger partial charge in [0.05, 0.1) is 11.6 Å². The van der Waals surface area contributed by atoms with Crippen LogP contribution < -0.4 is 11.3 Å². The number of nitrogens with one attached hydrogen (secondary N) is 1. The summed E-state index contributed by atoms with van der Waals surface area (Å²) in [4.78, 5) is 0. The van der Waals surface area contributed by atoms with Gasteiger partial charge in [0, 0.05) is 12.1 Å². The fourth-order valence-corrected chi connectivity index (χ4v) is 2.55. The lowest BCUT2D eigenvalue weighted by molar-refractivity contribution is -0.0487. The predicted octanol–water partition coefficient (Wildman–Crippen LogP) is 3.19. The van der Waals surface area contributed by atoms with Crippen LogP contribution in [0.3, 0.4) is 0 Å². The number of hydrogen-bond donors (Lipinski definition) is 2. The summed E-state index contributed by atoms with van der Waals surface area (Å²) in [5.74, 6) is 5.28. The average molecular weight is 275 g/mol. The van der Waals surface area contributed by atoms with Gasteiger partial charge >= 0.3 is 0 Å². The second-order valence-electron chi connectivity index (χ2n) is 4.24. The Hall–Kier alpha value is -0.680. The minimum atomic E-state index is -0.508. The van der Waals surface area contributed by atoms with E-state index in [1.54, 1.807) is 7.11 Å². The fraction of sp³-hybridized carbons (Fsp3) is 0.538. The zero-order valence-electron chi connectivity index (χ0n) is 11.0. The van der Waals surface area contributed by atoms with Gasteiger partial charge in [-0.25, -0.2) is 4.39 Å². The summed E-state index contributed by atoms with van der Waals surface area (Å²) in [6, 6.07) is 3.89. The van der Waals surface area contributed by atoms with Gasteiger partial charge in [0.25, 0.3) is 0 Å². The molecular formula is C13H20ClFN2O. The van der Waals surface area contributed by atoms with Gasteiger partial charge in [-0.2, -0.15) is 0 Å². The number of nitrogens with two attached hydrogens (primary N) is 1. The van der Waals surface area contributed by atoms with Crippen LogP contribution in [-0.2, 0) is 4.74 Å². The van der Waals surface area contributed by atoms with E-state index in [9.17, 15) is 4.39 Å². The van der Waals surface area contributed by atoms with Crippen molar-refractivity contribution in [1.82, 2.24) is 5.43 Å². The monoisotopic (exact) mass is 274 g/mol. The van der Waals surface area contributed by atoms with E-state index in [2.05, 4.69) is 5.43 Å². The van der Waals surface area contributed by atoms with Crippen molar-refractivity contribution < 1.29 is 9.13 Å². The fourth-order valence-electron chi connectivity index (χ4n) is 2.33. The molecule has 0 bridgehead atoms. The molecule has 1 aromatic carbocycles. The zero-order chi connectivity index (χ0) is 13.8. The van der Waals surface area contributed by atoms with E-state index in [1.165, 1.54) is 18.2 Å². The highest BCUT2D eigenvalue weighted by atomic mass is 35.5. The number of hydrogen-bond acceptors (Lipinski definition) is 3. The highest BCUT2D eigenvalue weighted by Crippen LogP contribution is 2.37. The molecule has 3 N–H and O–H groups in total. The number of methoxy groups -OCH3 is 1. The molecule has 3 nitrogen and oxygen atoms in total. The molecule has 0 saturated heterocycles. The third-order valence-corrected chi connectivity index (χ3v) is 3.91. The highest BCUT2D eigenvalue weighted by Gasteiger charge is 2.37. The lowest BCUT2D eigenvalue weighted by atomic mass is 9.84. The van der Waals surface area contributed by atoms with Crippen molar-refractivity contribution in [2.24, 2.45) is 5.84 Å². The highest BCUT2D eigenvalue weighted by molar-refractivity contribution is 6.31. The quantitative estimate of drug-likeness (QED) is 0.619. The SMILES string of the molecule is CCC(CC)(OC)C(NN)c1cc(F)ccc1Cl. The van der Waals surface area contributed by atoms with Crippen molar-refractivity contribution in [3.05, 3.63) is 34.6 Å². The predicted molar refractivity (Wildman–Crippen MR) is 71.8 cm³/mol. The molecule has 18 heavy (non-hydrogen) atoms.